The average molecular weight is 405 g/mol. The summed E-state index contributed by atoms with van der Waals surface area (Å²) < 4.78 is 6.76. The van der Waals surface area contributed by atoms with E-state index in [4.69, 9.17) is 9.72 Å². The molecule has 0 spiro atoms. The Bertz CT molecular complexity index is 1330. The molecule has 3 aromatic rings. The fraction of sp³-hybridized carbons (Fsp3) is 0.318. The van der Waals surface area contributed by atoms with Crippen molar-refractivity contribution in [3.63, 3.8) is 0 Å². The highest BCUT2D eigenvalue weighted by atomic mass is 16.5. The van der Waals surface area contributed by atoms with Gasteiger partial charge in [-0.05, 0) is 47.8 Å². The zero-order valence-electron chi connectivity index (χ0n) is 16.6. The van der Waals surface area contributed by atoms with Crippen molar-refractivity contribution in [1.29, 1.82) is 0 Å². The number of fused-ring (bicyclic) bond motifs is 5. The number of phenolic OH excluding ortho intramolecular Hbond substituents is 1. The van der Waals surface area contributed by atoms with Crippen molar-refractivity contribution in [1.82, 2.24) is 9.55 Å². The second-order valence-electron chi connectivity index (χ2n) is 7.67. The van der Waals surface area contributed by atoms with Crippen LogP contribution in [0.3, 0.4) is 0 Å². The van der Waals surface area contributed by atoms with Crippen molar-refractivity contribution in [3.8, 4) is 17.1 Å². The minimum absolute atomic E-state index is 0.0999. The van der Waals surface area contributed by atoms with E-state index in [0.29, 0.717) is 35.4 Å². The number of carbonyl (C=O) groups is 1. The van der Waals surface area contributed by atoms with Crippen molar-refractivity contribution in [2.24, 2.45) is 5.18 Å². The Morgan fingerprint density at radius 2 is 2.03 bits per heavy atom. The summed E-state index contributed by atoms with van der Waals surface area (Å²) in [5, 5.41) is 13.9. The molecule has 1 N–H and O–H groups in total. The normalized spacial score (nSPS) is 19.2. The smallest absolute Gasteiger partial charge is 0.342 e. The number of hydrogen-bond donors (Lipinski definition) is 1. The minimum atomic E-state index is -1.72. The summed E-state index contributed by atoms with van der Waals surface area (Å²) in [6.45, 7) is 3.84. The number of nitroso groups, excluding NO2 is 1. The molecule has 0 saturated carbocycles. The van der Waals surface area contributed by atoms with E-state index in [1.807, 2.05) is 6.92 Å². The number of phenols is 1. The molecule has 30 heavy (non-hydrogen) atoms. The molecule has 2 aromatic heterocycles. The van der Waals surface area contributed by atoms with Crippen LogP contribution in [0.5, 0.6) is 5.75 Å². The Morgan fingerprint density at radius 1 is 1.23 bits per heavy atom. The van der Waals surface area contributed by atoms with Gasteiger partial charge in [-0.25, -0.2) is 9.78 Å². The molecule has 2 aliphatic heterocycles. The van der Waals surface area contributed by atoms with Gasteiger partial charge in [0.05, 0.1) is 29.0 Å². The van der Waals surface area contributed by atoms with E-state index >= 15 is 0 Å². The van der Waals surface area contributed by atoms with Gasteiger partial charge >= 0.3 is 5.97 Å². The molecule has 0 amide bonds. The van der Waals surface area contributed by atoms with Gasteiger partial charge in [0, 0.05) is 16.5 Å². The van der Waals surface area contributed by atoms with Crippen molar-refractivity contribution >= 4 is 16.9 Å². The van der Waals surface area contributed by atoms with Crippen LogP contribution in [-0.4, -0.2) is 20.6 Å². The molecular weight excluding hydrogens is 386 g/mol. The van der Waals surface area contributed by atoms with Crippen LogP contribution in [0.1, 0.15) is 42.5 Å². The molecule has 4 heterocycles. The molecule has 0 aliphatic carbocycles. The van der Waals surface area contributed by atoms with Crippen molar-refractivity contribution in [2.75, 3.05) is 0 Å². The number of aromatic hydroxyl groups is 1. The highest BCUT2D eigenvalue weighted by molar-refractivity contribution is 5.90. The minimum Gasteiger partial charge on any atom is -0.508 e. The Hall–Kier alpha value is -3.55. The van der Waals surface area contributed by atoms with Gasteiger partial charge in [-0.1, -0.05) is 13.8 Å². The number of nitrogens with zero attached hydrogens (tertiary/aromatic N) is 3. The van der Waals surface area contributed by atoms with E-state index in [-0.39, 0.29) is 29.9 Å². The van der Waals surface area contributed by atoms with Gasteiger partial charge in [-0.15, -0.1) is 4.91 Å². The Kier molecular flexibility index (Phi) is 3.83. The fourth-order valence-electron chi connectivity index (χ4n) is 4.70. The Labute approximate surface area is 171 Å². The summed E-state index contributed by atoms with van der Waals surface area (Å²) in [5.74, 6) is -0.575. The van der Waals surface area contributed by atoms with E-state index in [1.54, 1.807) is 35.8 Å². The van der Waals surface area contributed by atoms with Crippen LogP contribution >= 0.6 is 0 Å². The molecule has 1 aromatic carbocycles. The summed E-state index contributed by atoms with van der Waals surface area (Å²) in [6, 6.07) is 6.70. The second-order valence-corrected chi connectivity index (χ2v) is 7.67. The molecule has 8 heteroatoms. The summed E-state index contributed by atoms with van der Waals surface area (Å²) in [6.07, 6.45) is 0.798. The Balaban J connectivity index is 1.85. The van der Waals surface area contributed by atoms with E-state index in [1.165, 1.54) is 0 Å². The molecule has 152 valence electrons. The van der Waals surface area contributed by atoms with Gasteiger partial charge in [0.15, 0.2) is 0 Å². The number of esters is 1. The first kappa shape index (κ1) is 18.5. The molecule has 2 aliphatic rings. The van der Waals surface area contributed by atoms with E-state index in [9.17, 15) is 19.6 Å². The number of hydrogen-bond acceptors (Lipinski definition) is 7. The lowest BCUT2D eigenvalue weighted by Gasteiger charge is -2.30. The number of carbonyl (C=O) groups excluding carboxylic acids is 1. The van der Waals surface area contributed by atoms with Gasteiger partial charge in [0.25, 0.3) is 5.56 Å². The zero-order valence-corrected chi connectivity index (χ0v) is 16.6. The quantitative estimate of drug-likeness (QED) is 0.414. The molecule has 0 bridgehead atoms. The molecule has 0 saturated heterocycles. The highest BCUT2D eigenvalue weighted by Crippen LogP contribution is 2.42. The number of ether oxygens (including phenoxy) is 1. The summed E-state index contributed by atoms with van der Waals surface area (Å²) in [7, 11) is 0. The summed E-state index contributed by atoms with van der Waals surface area (Å²) >= 11 is 0. The lowest BCUT2D eigenvalue weighted by Crippen LogP contribution is -2.43. The largest absolute Gasteiger partial charge is 0.508 e. The van der Waals surface area contributed by atoms with Crippen LogP contribution in [-0.2, 0) is 34.6 Å². The van der Waals surface area contributed by atoms with Crippen LogP contribution in [0.15, 0.2) is 34.2 Å². The maximum atomic E-state index is 13.3. The van der Waals surface area contributed by atoms with Crippen LogP contribution in [0, 0.1) is 4.91 Å². The predicted molar refractivity (Wildman–Crippen MR) is 109 cm³/mol. The predicted octanol–water partition coefficient (Wildman–Crippen LogP) is 3.12. The van der Waals surface area contributed by atoms with Gasteiger partial charge in [-0.2, -0.15) is 0 Å². The first-order valence-electron chi connectivity index (χ1n) is 9.89. The lowest BCUT2D eigenvalue weighted by atomic mass is 9.83. The number of benzene rings is 1. The van der Waals surface area contributed by atoms with Gasteiger partial charge in [0.2, 0.25) is 5.54 Å². The number of aryl methyl sites for hydroxylation is 1. The van der Waals surface area contributed by atoms with Crippen LogP contribution in [0.4, 0.5) is 0 Å². The topological polar surface area (TPSA) is 111 Å². The molecule has 0 radical (unpaired) electrons. The third kappa shape index (κ3) is 2.18. The molecule has 5 rings (SSSR count). The first-order valence-corrected chi connectivity index (χ1v) is 9.89. The monoisotopic (exact) mass is 405 g/mol. The third-order valence-electron chi connectivity index (χ3n) is 6.30. The van der Waals surface area contributed by atoms with Gasteiger partial charge in [-0.3, -0.25) is 4.79 Å². The Morgan fingerprint density at radius 3 is 2.73 bits per heavy atom. The standard InChI is InChI=1S/C22H19N3O5/c1-3-12-13-7-11(26)5-6-17(13)23-19-14(12)9-25-18(19)8-16-15(20(25)27)10-30-21(28)22(16,4-2)24-29/h5-8,26H,3-4,9-10H2,1-2H3/t22-/m0/s1. The van der Waals surface area contributed by atoms with Crippen LogP contribution in [0.2, 0.25) is 0 Å². The van der Waals surface area contributed by atoms with E-state index in [0.717, 1.165) is 16.5 Å². The number of rotatable bonds is 3. The van der Waals surface area contributed by atoms with Gasteiger partial charge < -0.3 is 14.4 Å². The van der Waals surface area contributed by atoms with Crippen molar-refractivity contribution < 1.29 is 14.6 Å². The number of pyridine rings is 2. The third-order valence-corrected chi connectivity index (χ3v) is 6.30. The number of aromatic nitrogens is 2. The summed E-state index contributed by atoms with van der Waals surface area (Å²) in [4.78, 5) is 42.3. The van der Waals surface area contributed by atoms with Gasteiger partial charge in [0.1, 0.15) is 12.4 Å². The second kappa shape index (κ2) is 6.22. The van der Waals surface area contributed by atoms with Crippen molar-refractivity contribution in [2.45, 2.75) is 45.4 Å². The molecule has 0 unspecified atom stereocenters. The zero-order chi connectivity index (χ0) is 21.2. The SMILES string of the molecule is CCc1c2c(nc3ccc(O)cc13)-c1cc3c(c(=O)n1C2)COC(=O)[C@@]3(CC)N=O. The maximum absolute atomic E-state index is 13.3. The molecular formula is C22H19N3O5. The lowest BCUT2D eigenvalue weighted by molar-refractivity contribution is -0.154. The van der Waals surface area contributed by atoms with E-state index in [2.05, 4.69) is 5.18 Å². The summed E-state index contributed by atoms with van der Waals surface area (Å²) in [5.41, 5.74) is 2.41. The first-order chi connectivity index (χ1) is 14.4. The van der Waals surface area contributed by atoms with Crippen molar-refractivity contribution in [3.05, 3.63) is 61.8 Å². The van der Waals surface area contributed by atoms with E-state index < -0.39 is 11.5 Å². The number of cyclic esters (lactones) is 1. The van der Waals surface area contributed by atoms with Crippen LogP contribution < -0.4 is 5.56 Å². The van der Waals surface area contributed by atoms with Crippen LogP contribution in [0.25, 0.3) is 22.3 Å². The fourth-order valence-corrected chi connectivity index (χ4v) is 4.70. The molecule has 0 fully saturated rings. The highest BCUT2D eigenvalue weighted by Gasteiger charge is 2.49. The molecule has 8 nitrogen and oxygen atoms in total. The maximum Gasteiger partial charge on any atom is 0.342 e. The average Bonchev–Trinajstić information content (AvgIpc) is 3.11. The molecule has 1 atom stereocenters.